The maximum Gasteiger partial charge on any atom is 0.503 e. The summed E-state index contributed by atoms with van der Waals surface area (Å²) in [5.74, 6) is 0. The van der Waals surface area contributed by atoms with Crippen molar-refractivity contribution < 1.29 is 41.2 Å². The molecule has 30 heavy (non-hydrogen) atoms. The van der Waals surface area contributed by atoms with Crippen molar-refractivity contribution in [2.75, 3.05) is 0 Å². The lowest BCUT2D eigenvalue weighted by Crippen LogP contribution is -2.66. The molecule has 4 bridgehead atoms. The van der Waals surface area contributed by atoms with E-state index in [1.165, 1.54) is 11.4 Å². The van der Waals surface area contributed by atoms with Crippen LogP contribution in [0.1, 0.15) is 0 Å². The quantitative estimate of drug-likeness (QED) is 0.372. The average molecular weight is 553 g/mol. The van der Waals surface area contributed by atoms with Crippen molar-refractivity contribution in [1.29, 1.82) is 0 Å². The normalized spacial score (nSPS) is 44.4. The van der Waals surface area contributed by atoms with Crippen LogP contribution < -0.4 is 0 Å². The van der Waals surface area contributed by atoms with Crippen LogP contribution in [0.15, 0.2) is 73.7 Å². The molecule has 6 heterocycles. The minimum Gasteiger partial charge on any atom is -0.396 e. The lowest BCUT2D eigenvalue weighted by Gasteiger charge is -2.43. The van der Waals surface area contributed by atoms with Gasteiger partial charge in [-0.3, -0.25) is 0 Å². The minimum atomic E-state index is -3.53. The first kappa shape index (κ1) is 24.4. The SMILES string of the molecule is C=C[SiH]1O[SiH]2O[SiH](C=C)O[Si](C=C)(O1)O[SiH]1O[SiH](C=C)O[Si](C=C)(O[SiH](C=C)O1)O2. The Bertz CT molecular complexity index is 612. The van der Waals surface area contributed by atoms with Crippen molar-refractivity contribution in [2.45, 2.75) is 0 Å². The van der Waals surface area contributed by atoms with Crippen molar-refractivity contribution in [3.05, 3.63) is 73.7 Å². The Morgan fingerprint density at radius 2 is 0.700 bits per heavy atom. The van der Waals surface area contributed by atoms with Gasteiger partial charge in [-0.1, -0.05) is 22.8 Å². The smallest absolute Gasteiger partial charge is 0.396 e. The third-order valence-corrected chi connectivity index (χ3v) is 27.4. The molecule has 6 aliphatic heterocycles. The van der Waals surface area contributed by atoms with E-state index in [1.54, 1.807) is 22.8 Å². The molecule has 10 nitrogen and oxygen atoms in total. The van der Waals surface area contributed by atoms with Crippen molar-refractivity contribution in [3.63, 3.8) is 0 Å². The van der Waals surface area contributed by atoms with Crippen LogP contribution in [-0.4, -0.2) is 73.8 Å². The molecular formula is C12H24O10Si8. The molecule has 0 aromatic carbocycles. The van der Waals surface area contributed by atoms with Gasteiger partial charge in [0, 0.05) is 0 Å². The van der Waals surface area contributed by atoms with Crippen LogP contribution in [0.25, 0.3) is 0 Å². The molecule has 6 rings (SSSR count). The predicted molar refractivity (Wildman–Crippen MR) is 126 cm³/mol. The zero-order chi connectivity index (χ0) is 21.8. The van der Waals surface area contributed by atoms with E-state index >= 15 is 0 Å². The topological polar surface area (TPSA) is 92.3 Å². The fourth-order valence-corrected chi connectivity index (χ4v) is 30.7. The molecule has 18 heteroatoms. The van der Waals surface area contributed by atoms with E-state index in [1.807, 2.05) is 0 Å². The van der Waals surface area contributed by atoms with Gasteiger partial charge in [0.15, 0.2) is 0 Å². The van der Waals surface area contributed by atoms with E-state index in [0.29, 0.717) is 0 Å². The van der Waals surface area contributed by atoms with E-state index < -0.39 is 73.8 Å². The van der Waals surface area contributed by atoms with Crippen LogP contribution in [0.2, 0.25) is 0 Å². The van der Waals surface area contributed by atoms with Gasteiger partial charge < -0.3 is 41.2 Å². The first-order chi connectivity index (χ1) is 14.4. The first-order valence-corrected chi connectivity index (χ1v) is 21.8. The molecule has 6 saturated heterocycles. The van der Waals surface area contributed by atoms with E-state index in [0.717, 1.165) is 0 Å². The van der Waals surface area contributed by atoms with Crippen LogP contribution in [-0.2, 0) is 41.2 Å². The Morgan fingerprint density at radius 3 is 0.900 bits per heavy atom. The summed E-state index contributed by atoms with van der Waals surface area (Å²) in [5.41, 5.74) is 9.32. The summed E-state index contributed by atoms with van der Waals surface area (Å²) in [6.07, 6.45) is 0. The minimum absolute atomic E-state index is 1.50. The van der Waals surface area contributed by atoms with Crippen LogP contribution in [0.4, 0.5) is 0 Å². The first-order valence-electron chi connectivity index (χ1n) is 8.88. The van der Waals surface area contributed by atoms with Gasteiger partial charge in [-0.05, 0) is 11.4 Å². The zero-order valence-corrected chi connectivity index (χ0v) is 25.2. The van der Waals surface area contributed by atoms with Gasteiger partial charge in [-0.15, -0.1) is 39.5 Å². The van der Waals surface area contributed by atoms with E-state index in [4.69, 9.17) is 41.2 Å². The molecule has 4 unspecified atom stereocenters. The Kier molecular flexibility index (Phi) is 8.62. The fraction of sp³-hybridized carbons (Fsp3) is 0. The average Bonchev–Trinajstić information content (AvgIpc) is 2.72. The summed E-state index contributed by atoms with van der Waals surface area (Å²) in [6, 6.07) is 0. The van der Waals surface area contributed by atoms with E-state index in [2.05, 4.69) is 39.5 Å². The van der Waals surface area contributed by atoms with Gasteiger partial charge >= 0.3 is 73.8 Å². The van der Waals surface area contributed by atoms with Gasteiger partial charge in [0.1, 0.15) is 0 Å². The van der Waals surface area contributed by atoms with Crippen LogP contribution >= 0.6 is 0 Å². The number of hydrogen-bond acceptors (Lipinski definition) is 10. The highest BCUT2D eigenvalue weighted by atomic mass is 28.6. The van der Waals surface area contributed by atoms with Crippen LogP contribution in [0.3, 0.4) is 0 Å². The fourth-order valence-electron chi connectivity index (χ4n) is 2.51. The molecule has 0 aliphatic carbocycles. The highest BCUT2D eigenvalue weighted by Crippen LogP contribution is 2.28. The van der Waals surface area contributed by atoms with E-state index in [9.17, 15) is 0 Å². The maximum absolute atomic E-state index is 6.25. The Balaban J connectivity index is 2.13. The lowest BCUT2D eigenvalue weighted by atomic mass is 11.3. The third kappa shape index (κ3) is 5.57. The Morgan fingerprint density at radius 1 is 0.433 bits per heavy atom. The lowest BCUT2D eigenvalue weighted by molar-refractivity contribution is 0.126. The molecule has 0 N–H and O–H groups in total. The van der Waals surface area contributed by atoms with Gasteiger partial charge in [-0.2, -0.15) is 0 Å². The molecule has 0 spiro atoms. The summed E-state index contributed by atoms with van der Waals surface area (Å²) < 4.78 is 61.7. The standard InChI is InChI=1S/C12H24O10Si8/c1-7-23-13-27-14-24(8-2)18-29(11-5,17-23)22-28-15-25(9-3)19-30(12-6,21-27)20-26(10-4)16-28/h7-12,23-28H,1-6H2. The van der Waals surface area contributed by atoms with Crippen molar-refractivity contribution in [3.8, 4) is 0 Å². The highest BCUT2D eigenvalue weighted by molar-refractivity contribution is 6.90. The second-order valence-corrected chi connectivity index (χ2v) is 25.1. The van der Waals surface area contributed by atoms with Gasteiger partial charge in [-0.25, -0.2) is 0 Å². The highest BCUT2D eigenvalue weighted by Gasteiger charge is 2.55. The molecule has 0 radical (unpaired) electrons. The summed E-state index contributed by atoms with van der Waals surface area (Å²) in [7, 11) is -22.9. The summed E-state index contributed by atoms with van der Waals surface area (Å²) >= 11 is 0. The largest absolute Gasteiger partial charge is 0.503 e. The molecule has 0 amide bonds. The Labute approximate surface area is 188 Å². The number of rotatable bonds is 6. The van der Waals surface area contributed by atoms with Crippen molar-refractivity contribution >= 4 is 73.8 Å². The monoisotopic (exact) mass is 552 g/mol. The summed E-state index contributed by atoms with van der Waals surface area (Å²) in [5, 5.41) is 0. The summed E-state index contributed by atoms with van der Waals surface area (Å²) in [6.45, 7) is 22.9. The maximum atomic E-state index is 6.25. The second kappa shape index (κ2) is 10.6. The molecule has 4 atom stereocenters. The van der Waals surface area contributed by atoms with Crippen LogP contribution in [0, 0.1) is 0 Å². The molecule has 6 fully saturated rings. The van der Waals surface area contributed by atoms with Crippen molar-refractivity contribution in [2.24, 2.45) is 0 Å². The third-order valence-electron chi connectivity index (χ3n) is 3.89. The van der Waals surface area contributed by atoms with Gasteiger partial charge in [0.25, 0.3) is 0 Å². The van der Waals surface area contributed by atoms with E-state index in [-0.39, 0.29) is 0 Å². The van der Waals surface area contributed by atoms with Crippen molar-refractivity contribution in [1.82, 2.24) is 0 Å². The van der Waals surface area contributed by atoms with Gasteiger partial charge in [0.2, 0.25) is 0 Å². The second-order valence-electron chi connectivity index (χ2n) is 5.86. The van der Waals surface area contributed by atoms with Gasteiger partial charge in [0.05, 0.1) is 0 Å². The molecule has 0 saturated carbocycles. The molecule has 0 aromatic rings. The number of hydrogen-bond donors (Lipinski definition) is 0. The molecule has 0 aromatic heterocycles. The molecule has 6 aliphatic rings. The Hall–Kier alpha value is -0.225. The zero-order valence-electron chi connectivity index (χ0n) is 16.3. The van der Waals surface area contributed by atoms with Crippen LogP contribution in [0.5, 0.6) is 0 Å². The summed E-state index contributed by atoms with van der Waals surface area (Å²) in [4.78, 5) is 0. The molecule has 164 valence electrons. The predicted octanol–water partition coefficient (Wildman–Crippen LogP) is -1.26. The molecular weight excluding hydrogens is 529 g/mol.